The smallest absolute Gasteiger partial charge is 0.251 e. The fraction of sp³-hybridized carbons (Fsp3) is 0.462. The molecule has 15 heavy (non-hydrogen) atoms. The third-order valence-corrected chi connectivity index (χ3v) is 3.06. The van der Waals surface area contributed by atoms with Gasteiger partial charge in [-0.05, 0) is 30.9 Å². The van der Waals surface area contributed by atoms with Crippen LogP contribution >= 0.6 is 0 Å². The van der Waals surface area contributed by atoms with E-state index in [-0.39, 0.29) is 5.91 Å². The van der Waals surface area contributed by atoms with Crippen LogP contribution in [-0.2, 0) is 0 Å². The SMILES string of the molecule is O=C(NCC1CCCC1)c1ccccc1. The predicted molar refractivity (Wildman–Crippen MR) is 60.7 cm³/mol. The summed E-state index contributed by atoms with van der Waals surface area (Å²) >= 11 is 0. The van der Waals surface area contributed by atoms with E-state index in [9.17, 15) is 4.79 Å². The molecule has 0 unspecified atom stereocenters. The summed E-state index contributed by atoms with van der Waals surface area (Å²) in [6.07, 6.45) is 5.20. The first-order valence-corrected chi connectivity index (χ1v) is 5.69. The van der Waals surface area contributed by atoms with Gasteiger partial charge in [0.1, 0.15) is 0 Å². The molecule has 0 atom stereocenters. The molecule has 1 aliphatic carbocycles. The number of nitrogens with one attached hydrogen (secondary N) is 1. The van der Waals surface area contributed by atoms with E-state index in [4.69, 9.17) is 0 Å². The van der Waals surface area contributed by atoms with Gasteiger partial charge in [-0.15, -0.1) is 0 Å². The van der Waals surface area contributed by atoms with E-state index >= 15 is 0 Å². The minimum atomic E-state index is 0.0579. The molecule has 1 N–H and O–H groups in total. The maximum Gasteiger partial charge on any atom is 0.251 e. The fourth-order valence-electron chi connectivity index (χ4n) is 2.14. The molecular weight excluding hydrogens is 186 g/mol. The highest BCUT2D eigenvalue weighted by Crippen LogP contribution is 2.23. The lowest BCUT2D eigenvalue weighted by molar-refractivity contribution is 0.0947. The van der Waals surface area contributed by atoms with Crippen molar-refractivity contribution in [1.29, 1.82) is 0 Å². The molecule has 1 aromatic rings. The molecule has 0 spiro atoms. The summed E-state index contributed by atoms with van der Waals surface area (Å²) in [7, 11) is 0. The molecule has 1 fully saturated rings. The van der Waals surface area contributed by atoms with Crippen molar-refractivity contribution in [2.24, 2.45) is 5.92 Å². The maximum absolute atomic E-state index is 11.7. The molecular formula is C13H17NO. The molecule has 0 heterocycles. The van der Waals surface area contributed by atoms with Gasteiger partial charge in [0.2, 0.25) is 0 Å². The van der Waals surface area contributed by atoms with Crippen LogP contribution in [0.4, 0.5) is 0 Å². The predicted octanol–water partition coefficient (Wildman–Crippen LogP) is 2.61. The van der Waals surface area contributed by atoms with Gasteiger partial charge in [-0.2, -0.15) is 0 Å². The van der Waals surface area contributed by atoms with Gasteiger partial charge in [0.15, 0.2) is 0 Å². The Balaban J connectivity index is 1.82. The van der Waals surface area contributed by atoms with Gasteiger partial charge in [0.25, 0.3) is 5.91 Å². The third-order valence-electron chi connectivity index (χ3n) is 3.06. The molecule has 80 valence electrons. The number of hydrogen-bond donors (Lipinski definition) is 1. The van der Waals surface area contributed by atoms with Crippen LogP contribution in [0.3, 0.4) is 0 Å². The number of hydrogen-bond acceptors (Lipinski definition) is 1. The summed E-state index contributed by atoms with van der Waals surface area (Å²) in [5.74, 6) is 0.764. The third kappa shape index (κ3) is 2.82. The Morgan fingerprint density at radius 3 is 2.53 bits per heavy atom. The van der Waals surface area contributed by atoms with Crippen molar-refractivity contribution in [2.45, 2.75) is 25.7 Å². The van der Waals surface area contributed by atoms with Gasteiger partial charge < -0.3 is 5.32 Å². The van der Waals surface area contributed by atoms with Crippen molar-refractivity contribution in [2.75, 3.05) is 6.54 Å². The van der Waals surface area contributed by atoms with E-state index in [1.54, 1.807) is 0 Å². The molecule has 1 saturated carbocycles. The van der Waals surface area contributed by atoms with Gasteiger partial charge in [-0.3, -0.25) is 4.79 Å². The first kappa shape index (κ1) is 10.2. The van der Waals surface area contributed by atoms with E-state index in [0.29, 0.717) is 5.92 Å². The lowest BCUT2D eigenvalue weighted by Gasteiger charge is -2.10. The Kier molecular flexibility index (Phi) is 3.38. The number of rotatable bonds is 3. The second-order valence-electron chi connectivity index (χ2n) is 4.23. The van der Waals surface area contributed by atoms with E-state index in [2.05, 4.69) is 5.32 Å². The summed E-state index contributed by atoms with van der Waals surface area (Å²) in [5, 5.41) is 3.00. The van der Waals surface area contributed by atoms with Crippen LogP contribution in [-0.4, -0.2) is 12.5 Å². The Hall–Kier alpha value is -1.31. The molecule has 2 rings (SSSR count). The van der Waals surface area contributed by atoms with Crippen LogP contribution in [0.5, 0.6) is 0 Å². The van der Waals surface area contributed by atoms with Crippen molar-refractivity contribution in [3.63, 3.8) is 0 Å². The minimum absolute atomic E-state index is 0.0579. The number of carbonyl (C=O) groups excluding carboxylic acids is 1. The Morgan fingerprint density at radius 1 is 1.20 bits per heavy atom. The van der Waals surface area contributed by atoms with Crippen molar-refractivity contribution in [3.8, 4) is 0 Å². The summed E-state index contributed by atoms with van der Waals surface area (Å²) in [6, 6.07) is 9.41. The van der Waals surface area contributed by atoms with Crippen molar-refractivity contribution >= 4 is 5.91 Å². The molecule has 0 radical (unpaired) electrons. The average Bonchev–Trinajstić information content (AvgIpc) is 2.80. The summed E-state index contributed by atoms with van der Waals surface area (Å²) in [6.45, 7) is 0.841. The van der Waals surface area contributed by atoms with E-state index < -0.39 is 0 Å². The van der Waals surface area contributed by atoms with Crippen LogP contribution in [0.15, 0.2) is 30.3 Å². The molecule has 0 saturated heterocycles. The zero-order chi connectivity index (χ0) is 10.5. The Morgan fingerprint density at radius 2 is 1.87 bits per heavy atom. The second-order valence-corrected chi connectivity index (χ2v) is 4.23. The minimum Gasteiger partial charge on any atom is -0.352 e. The first-order valence-electron chi connectivity index (χ1n) is 5.69. The number of amides is 1. The normalized spacial score (nSPS) is 16.5. The number of carbonyl (C=O) groups is 1. The van der Waals surface area contributed by atoms with Gasteiger partial charge >= 0.3 is 0 Å². The molecule has 1 aromatic carbocycles. The highest BCUT2D eigenvalue weighted by molar-refractivity contribution is 5.94. The van der Waals surface area contributed by atoms with Gasteiger partial charge in [0, 0.05) is 12.1 Å². The summed E-state index contributed by atoms with van der Waals surface area (Å²) in [5.41, 5.74) is 0.760. The second kappa shape index (κ2) is 4.96. The van der Waals surface area contributed by atoms with Crippen molar-refractivity contribution in [3.05, 3.63) is 35.9 Å². The first-order chi connectivity index (χ1) is 7.36. The van der Waals surface area contributed by atoms with Gasteiger partial charge in [-0.1, -0.05) is 31.0 Å². The fourth-order valence-corrected chi connectivity index (χ4v) is 2.14. The highest BCUT2D eigenvalue weighted by atomic mass is 16.1. The largest absolute Gasteiger partial charge is 0.352 e. The molecule has 1 aliphatic rings. The molecule has 0 aliphatic heterocycles. The topological polar surface area (TPSA) is 29.1 Å². The zero-order valence-electron chi connectivity index (χ0n) is 8.91. The molecule has 0 aromatic heterocycles. The van der Waals surface area contributed by atoms with Crippen LogP contribution in [0.25, 0.3) is 0 Å². The molecule has 2 heteroatoms. The monoisotopic (exact) mass is 203 g/mol. The van der Waals surface area contributed by atoms with Gasteiger partial charge in [0.05, 0.1) is 0 Å². The average molecular weight is 203 g/mol. The summed E-state index contributed by atoms with van der Waals surface area (Å²) in [4.78, 5) is 11.7. The number of benzene rings is 1. The zero-order valence-corrected chi connectivity index (χ0v) is 8.91. The maximum atomic E-state index is 11.7. The van der Waals surface area contributed by atoms with Crippen LogP contribution in [0.2, 0.25) is 0 Å². The standard InChI is InChI=1S/C13H17NO/c15-13(12-8-2-1-3-9-12)14-10-11-6-4-5-7-11/h1-3,8-9,11H,4-7,10H2,(H,14,15). The van der Waals surface area contributed by atoms with E-state index in [1.165, 1.54) is 25.7 Å². The molecule has 1 amide bonds. The van der Waals surface area contributed by atoms with E-state index in [0.717, 1.165) is 12.1 Å². The lowest BCUT2D eigenvalue weighted by Crippen LogP contribution is -2.28. The molecule has 0 bridgehead atoms. The van der Waals surface area contributed by atoms with Crippen molar-refractivity contribution < 1.29 is 4.79 Å². The van der Waals surface area contributed by atoms with Crippen LogP contribution in [0, 0.1) is 5.92 Å². The highest BCUT2D eigenvalue weighted by Gasteiger charge is 2.15. The Labute approximate surface area is 90.7 Å². The Bertz CT molecular complexity index is 315. The van der Waals surface area contributed by atoms with Crippen molar-refractivity contribution in [1.82, 2.24) is 5.32 Å². The van der Waals surface area contributed by atoms with Gasteiger partial charge in [-0.25, -0.2) is 0 Å². The lowest BCUT2D eigenvalue weighted by atomic mass is 10.1. The molecule has 2 nitrogen and oxygen atoms in total. The van der Waals surface area contributed by atoms with Crippen LogP contribution in [0.1, 0.15) is 36.0 Å². The van der Waals surface area contributed by atoms with Crippen LogP contribution < -0.4 is 5.32 Å². The summed E-state index contributed by atoms with van der Waals surface area (Å²) < 4.78 is 0. The van der Waals surface area contributed by atoms with E-state index in [1.807, 2.05) is 30.3 Å². The quantitative estimate of drug-likeness (QED) is 0.803.